The fourth-order valence-electron chi connectivity index (χ4n) is 3.16. The van der Waals surface area contributed by atoms with Gasteiger partial charge >= 0.3 is 8.56 Å². The molecule has 102 valence electrons. The largest absolute Gasteiger partial charge is 0.394 e. The Morgan fingerprint density at radius 1 is 1.00 bits per heavy atom. The monoisotopic (exact) mass is 258 g/mol. The highest BCUT2D eigenvalue weighted by atomic mass is 28.4. The quantitative estimate of drug-likeness (QED) is 0.626. The lowest BCUT2D eigenvalue weighted by molar-refractivity contribution is 0.160. The van der Waals surface area contributed by atoms with Crippen molar-refractivity contribution < 1.29 is 8.85 Å². The zero-order valence-electron chi connectivity index (χ0n) is 12.1. The molecule has 0 spiro atoms. The van der Waals surface area contributed by atoms with Crippen molar-refractivity contribution in [2.75, 3.05) is 13.2 Å². The van der Waals surface area contributed by atoms with Crippen LogP contribution in [0, 0.1) is 5.92 Å². The van der Waals surface area contributed by atoms with Gasteiger partial charge < -0.3 is 8.85 Å². The van der Waals surface area contributed by atoms with Gasteiger partial charge in [0, 0.05) is 18.8 Å². The molecular weight excluding hydrogens is 228 g/mol. The predicted molar refractivity (Wildman–Crippen MR) is 75.5 cm³/mol. The minimum absolute atomic E-state index is 0.682. The average molecular weight is 258 g/mol. The smallest absolute Gasteiger partial charge is 0.341 e. The second kappa shape index (κ2) is 7.55. The fourth-order valence-corrected chi connectivity index (χ4v) is 7.69. The van der Waals surface area contributed by atoms with Crippen LogP contribution in [-0.4, -0.2) is 21.8 Å². The van der Waals surface area contributed by atoms with Gasteiger partial charge in [0.05, 0.1) is 0 Å². The van der Waals surface area contributed by atoms with Crippen molar-refractivity contribution in [1.29, 1.82) is 0 Å². The van der Waals surface area contributed by atoms with Crippen molar-refractivity contribution in [3.8, 4) is 0 Å². The van der Waals surface area contributed by atoms with Crippen molar-refractivity contribution in [2.45, 2.75) is 71.4 Å². The number of hydrogen-bond acceptors (Lipinski definition) is 2. The van der Waals surface area contributed by atoms with Crippen molar-refractivity contribution in [3.63, 3.8) is 0 Å². The molecule has 0 heterocycles. The topological polar surface area (TPSA) is 18.5 Å². The van der Waals surface area contributed by atoms with Crippen LogP contribution in [0.2, 0.25) is 11.6 Å². The zero-order valence-corrected chi connectivity index (χ0v) is 13.1. The summed E-state index contributed by atoms with van der Waals surface area (Å²) in [5, 5.41) is 0. The molecule has 0 saturated heterocycles. The molecule has 0 aromatic rings. The minimum atomic E-state index is -1.96. The van der Waals surface area contributed by atoms with E-state index < -0.39 is 8.56 Å². The third kappa shape index (κ3) is 4.38. The van der Waals surface area contributed by atoms with Gasteiger partial charge in [0.15, 0.2) is 0 Å². The molecular formula is C14H30O2Si. The molecule has 0 N–H and O–H groups in total. The van der Waals surface area contributed by atoms with Gasteiger partial charge in [-0.15, -0.1) is 0 Å². The van der Waals surface area contributed by atoms with E-state index in [1.54, 1.807) is 0 Å². The minimum Gasteiger partial charge on any atom is -0.394 e. The summed E-state index contributed by atoms with van der Waals surface area (Å²) >= 11 is 0. The lowest BCUT2D eigenvalue weighted by Crippen LogP contribution is -2.48. The van der Waals surface area contributed by atoms with Crippen LogP contribution in [0.5, 0.6) is 0 Å². The van der Waals surface area contributed by atoms with Crippen LogP contribution in [0.1, 0.15) is 59.8 Å². The molecule has 0 radical (unpaired) electrons. The predicted octanol–water partition coefficient (Wildman–Crippen LogP) is 4.49. The highest BCUT2D eigenvalue weighted by Gasteiger charge is 2.46. The molecule has 0 amide bonds. The van der Waals surface area contributed by atoms with E-state index in [1.807, 2.05) is 0 Å². The average Bonchev–Trinajstić information content (AvgIpc) is 2.30. The lowest BCUT2D eigenvalue weighted by atomic mass is 10.0. The van der Waals surface area contributed by atoms with Gasteiger partial charge in [-0.3, -0.25) is 0 Å². The van der Waals surface area contributed by atoms with Crippen LogP contribution in [0.25, 0.3) is 0 Å². The Labute approximate surface area is 108 Å². The SMILES string of the molecule is CCO[Si](CC(C)C)(OCC)C1CCCCC1. The summed E-state index contributed by atoms with van der Waals surface area (Å²) < 4.78 is 12.5. The molecule has 0 aromatic heterocycles. The Morgan fingerprint density at radius 3 is 1.94 bits per heavy atom. The van der Waals surface area contributed by atoms with Crippen LogP contribution >= 0.6 is 0 Å². The maximum atomic E-state index is 6.24. The molecule has 1 aliphatic rings. The van der Waals surface area contributed by atoms with E-state index in [0.29, 0.717) is 5.92 Å². The second-order valence-electron chi connectivity index (χ2n) is 5.61. The molecule has 0 bridgehead atoms. The fraction of sp³-hybridized carbons (Fsp3) is 1.00. The first kappa shape index (κ1) is 15.2. The van der Waals surface area contributed by atoms with E-state index in [9.17, 15) is 0 Å². The molecule has 0 aromatic carbocycles. The first-order chi connectivity index (χ1) is 8.14. The summed E-state index contributed by atoms with van der Waals surface area (Å²) in [4.78, 5) is 0. The van der Waals surface area contributed by atoms with Crippen LogP contribution in [-0.2, 0) is 8.85 Å². The third-order valence-corrected chi connectivity index (χ3v) is 8.46. The molecule has 1 aliphatic carbocycles. The first-order valence-electron chi connectivity index (χ1n) is 7.42. The molecule has 1 fully saturated rings. The standard InChI is InChI=1S/C14H30O2Si/c1-5-15-17(16-6-2,12-13(3)4)14-10-8-7-9-11-14/h13-14H,5-12H2,1-4H3. The van der Waals surface area contributed by atoms with Crippen LogP contribution < -0.4 is 0 Å². The summed E-state index contributed by atoms with van der Waals surface area (Å²) in [5.41, 5.74) is 0.735. The van der Waals surface area contributed by atoms with Crippen LogP contribution in [0.3, 0.4) is 0 Å². The highest BCUT2D eigenvalue weighted by molar-refractivity contribution is 6.69. The highest BCUT2D eigenvalue weighted by Crippen LogP contribution is 2.41. The summed E-state index contributed by atoms with van der Waals surface area (Å²) in [6, 6.07) is 1.17. The van der Waals surface area contributed by atoms with Crippen molar-refractivity contribution >= 4 is 8.56 Å². The summed E-state index contributed by atoms with van der Waals surface area (Å²) in [6.45, 7) is 10.4. The van der Waals surface area contributed by atoms with E-state index in [1.165, 1.54) is 38.1 Å². The van der Waals surface area contributed by atoms with E-state index in [4.69, 9.17) is 8.85 Å². The maximum Gasteiger partial charge on any atom is 0.341 e. The van der Waals surface area contributed by atoms with Gasteiger partial charge in [0.2, 0.25) is 0 Å². The van der Waals surface area contributed by atoms with E-state index in [-0.39, 0.29) is 0 Å². The Kier molecular flexibility index (Phi) is 6.74. The Hall–Kier alpha value is 0.137. The van der Waals surface area contributed by atoms with Gasteiger partial charge in [-0.1, -0.05) is 33.1 Å². The first-order valence-corrected chi connectivity index (χ1v) is 9.52. The second-order valence-corrected chi connectivity index (χ2v) is 9.04. The van der Waals surface area contributed by atoms with E-state index in [0.717, 1.165) is 18.8 Å². The van der Waals surface area contributed by atoms with Gasteiger partial charge in [0.25, 0.3) is 0 Å². The van der Waals surface area contributed by atoms with Crippen LogP contribution in [0.15, 0.2) is 0 Å². The Morgan fingerprint density at radius 2 is 1.53 bits per heavy atom. The number of rotatable bonds is 7. The van der Waals surface area contributed by atoms with Gasteiger partial charge in [0.1, 0.15) is 0 Å². The molecule has 17 heavy (non-hydrogen) atoms. The molecule has 0 atom stereocenters. The Balaban J connectivity index is 2.77. The molecule has 3 heteroatoms. The van der Waals surface area contributed by atoms with E-state index >= 15 is 0 Å². The molecule has 0 aliphatic heterocycles. The van der Waals surface area contributed by atoms with Crippen molar-refractivity contribution in [2.24, 2.45) is 5.92 Å². The van der Waals surface area contributed by atoms with Gasteiger partial charge in [-0.2, -0.15) is 0 Å². The van der Waals surface area contributed by atoms with Crippen molar-refractivity contribution in [3.05, 3.63) is 0 Å². The summed E-state index contributed by atoms with van der Waals surface area (Å²) in [7, 11) is -1.96. The zero-order chi connectivity index (χ0) is 12.7. The lowest BCUT2D eigenvalue weighted by Gasteiger charge is -2.40. The summed E-state index contributed by atoms with van der Waals surface area (Å²) in [6.07, 6.45) is 6.81. The van der Waals surface area contributed by atoms with Gasteiger partial charge in [-0.25, -0.2) is 0 Å². The number of hydrogen-bond donors (Lipinski definition) is 0. The molecule has 2 nitrogen and oxygen atoms in total. The summed E-state index contributed by atoms with van der Waals surface area (Å²) in [5.74, 6) is 0.682. The molecule has 1 saturated carbocycles. The van der Waals surface area contributed by atoms with E-state index in [2.05, 4.69) is 27.7 Å². The normalized spacial score (nSPS) is 18.9. The molecule has 1 rings (SSSR count). The third-order valence-electron chi connectivity index (χ3n) is 3.70. The van der Waals surface area contributed by atoms with Crippen molar-refractivity contribution in [1.82, 2.24) is 0 Å². The van der Waals surface area contributed by atoms with Crippen LogP contribution in [0.4, 0.5) is 0 Å². The maximum absolute atomic E-state index is 6.24. The Bertz CT molecular complexity index is 194. The van der Waals surface area contributed by atoms with Gasteiger partial charge in [-0.05, 0) is 38.7 Å². The molecule has 0 unspecified atom stereocenters.